The third kappa shape index (κ3) is 4.10. The molecular formula is C27H24N4O4. The molecule has 35 heavy (non-hydrogen) atoms. The average molecular weight is 469 g/mol. The number of methoxy groups -OCH3 is 2. The van der Waals surface area contributed by atoms with Crippen LogP contribution < -0.4 is 20.7 Å². The first kappa shape index (κ1) is 22.2. The molecule has 0 radical (unpaired) electrons. The number of imidazole rings is 1. The highest BCUT2D eigenvalue weighted by molar-refractivity contribution is 5.73. The number of aromatic nitrogens is 4. The van der Waals surface area contributed by atoms with Crippen molar-refractivity contribution in [1.29, 1.82) is 0 Å². The minimum atomic E-state index is -0.481. The Bertz CT molecular complexity index is 1600. The molecule has 0 bridgehead atoms. The maximum absolute atomic E-state index is 13.7. The highest BCUT2D eigenvalue weighted by atomic mass is 16.5. The van der Waals surface area contributed by atoms with E-state index in [4.69, 9.17) is 9.47 Å². The predicted octanol–water partition coefficient (Wildman–Crippen LogP) is 3.46. The Morgan fingerprint density at radius 1 is 0.771 bits per heavy atom. The molecule has 0 fully saturated rings. The van der Waals surface area contributed by atoms with Crippen molar-refractivity contribution in [2.24, 2.45) is 0 Å². The van der Waals surface area contributed by atoms with E-state index in [9.17, 15) is 9.59 Å². The lowest BCUT2D eigenvalue weighted by Crippen LogP contribution is -2.40. The molecule has 5 rings (SSSR count). The van der Waals surface area contributed by atoms with Crippen LogP contribution in [0.2, 0.25) is 0 Å². The highest BCUT2D eigenvalue weighted by Gasteiger charge is 2.21. The number of nitrogens with zero attached hydrogens (tertiary/aromatic N) is 4. The van der Waals surface area contributed by atoms with Gasteiger partial charge in [0.2, 0.25) is 0 Å². The standard InChI is InChI=1S/C27H24N4O4/c1-34-21-14-12-20(13-15-21)16-29-18-28-25-24(29)26(32)30(17-19-8-4-3-5-9-19)27(33)31(25)22-10-6-7-11-23(22)35-2/h3-15,18H,16-17H2,1-2H3. The maximum atomic E-state index is 13.7. The van der Waals surface area contributed by atoms with Crippen LogP contribution in [0.25, 0.3) is 16.9 Å². The van der Waals surface area contributed by atoms with E-state index in [1.807, 2.05) is 66.7 Å². The van der Waals surface area contributed by atoms with Crippen LogP contribution in [0, 0.1) is 0 Å². The molecule has 0 atom stereocenters. The van der Waals surface area contributed by atoms with Crippen LogP contribution in [0.3, 0.4) is 0 Å². The Kier molecular flexibility index (Phi) is 5.93. The van der Waals surface area contributed by atoms with Crippen LogP contribution >= 0.6 is 0 Å². The first-order chi connectivity index (χ1) is 17.1. The lowest BCUT2D eigenvalue weighted by Gasteiger charge is -2.15. The van der Waals surface area contributed by atoms with Crippen LogP contribution in [0.5, 0.6) is 11.5 Å². The molecule has 0 aliphatic rings. The summed E-state index contributed by atoms with van der Waals surface area (Å²) >= 11 is 0. The predicted molar refractivity (Wildman–Crippen MR) is 134 cm³/mol. The fraction of sp³-hybridized carbons (Fsp3) is 0.148. The fourth-order valence-corrected chi connectivity index (χ4v) is 4.16. The van der Waals surface area contributed by atoms with Crippen LogP contribution in [0.15, 0.2) is 94.8 Å². The van der Waals surface area contributed by atoms with Gasteiger partial charge in [-0.3, -0.25) is 9.36 Å². The zero-order chi connectivity index (χ0) is 24.4. The van der Waals surface area contributed by atoms with Crippen molar-refractivity contribution in [3.05, 3.63) is 117 Å². The molecule has 5 aromatic rings. The van der Waals surface area contributed by atoms with Crippen LogP contribution in [0.1, 0.15) is 11.1 Å². The third-order valence-electron chi connectivity index (χ3n) is 5.92. The largest absolute Gasteiger partial charge is 0.497 e. The zero-order valence-corrected chi connectivity index (χ0v) is 19.4. The Morgan fingerprint density at radius 2 is 1.46 bits per heavy atom. The summed E-state index contributed by atoms with van der Waals surface area (Å²) < 4.78 is 15.2. The van der Waals surface area contributed by atoms with Gasteiger partial charge in [0.25, 0.3) is 5.56 Å². The van der Waals surface area contributed by atoms with Crippen molar-refractivity contribution in [2.75, 3.05) is 14.2 Å². The third-order valence-corrected chi connectivity index (χ3v) is 5.92. The number of ether oxygens (including phenoxy) is 2. The van der Waals surface area contributed by atoms with Gasteiger partial charge in [-0.15, -0.1) is 0 Å². The van der Waals surface area contributed by atoms with E-state index < -0.39 is 11.2 Å². The van der Waals surface area contributed by atoms with E-state index in [-0.39, 0.29) is 12.2 Å². The summed E-state index contributed by atoms with van der Waals surface area (Å²) in [5, 5.41) is 0. The fourth-order valence-electron chi connectivity index (χ4n) is 4.16. The lowest BCUT2D eigenvalue weighted by atomic mass is 10.2. The Hall–Kier alpha value is -4.59. The van der Waals surface area contributed by atoms with Gasteiger partial charge in [0.15, 0.2) is 11.2 Å². The van der Waals surface area contributed by atoms with Crippen molar-refractivity contribution in [2.45, 2.75) is 13.1 Å². The van der Waals surface area contributed by atoms with Gasteiger partial charge in [-0.1, -0.05) is 54.6 Å². The summed E-state index contributed by atoms with van der Waals surface area (Å²) in [5.41, 5.74) is 2.07. The monoisotopic (exact) mass is 468 g/mol. The van der Waals surface area contributed by atoms with E-state index >= 15 is 0 Å². The number of para-hydroxylation sites is 2. The van der Waals surface area contributed by atoms with Crippen LogP contribution in [-0.2, 0) is 13.1 Å². The number of hydrogen-bond donors (Lipinski definition) is 0. The van der Waals surface area contributed by atoms with Crippen molar-refractivity contribution in [1.82, 2.24) is 18.7 Å². The smallest absolute Gasteiger partial charge is 0.337 e. The quantitative estimate of drug-likeness (QED) is 0.366. The van der Waals surface area contributed by atoms with Gasteiger partial charge in [-0.2, -0.15) is 0 Å². The Morgan fingerprint density at radius 3 is 2.17 bits per heavy atom. The Balaban J connectivity index is 1.75. The summed E-state index contributed by atoms with van der Waals surface area (Å²) in [6, 6.07) is 24.2. The summed E-state index contributed by atoms with van der Waals surface area (Å²) in [4.78, 5) is 31.9. The first-order valence-electron chi connectivity index (χ1n) is 11.1. The van der Waals surface area contributed by atoms with Crippen LogP contribution in [0.4, 0.5) is 0 Å². The second-order valence-electron chi connectivity index (χ2n) is 8.06. The van der Waals surface area contributed by atoms with Gasteiger partial charge in [-0.25, -0.2) is 14.3 Å². The van der Waals surface area contributed by atoms with Crippen molar-refractivity contribution in [3.8, 4) is 17.2 Å². The van der Waals surface area contributed by atoms with Gasteiger partial charge in [0.1, 0.15) is 11.5 Å². The molecule has 0 amide bonds. The lowest BCUT2D eigenvalue weighted by molar-refractivity contribution is 0.412. The topological polar surface area (TPSA) is 80.3 Å². The number of fused-ring (bicyclic) bond motifs is 1. The van der Waals surface area contributed by atoms with Crippen molar-refractivity contribution in [3.63, 3.8) is 0 Å². The average Bonchev–Trinajstić information content (AvgIpc) is 3.31. The summed E-state index contributed by atoms with van der Waals surface area (Å²) in [5.74, 6) is 1.25. The van der Waals surface area contributed by atoms with Gasteiger partial charge in [0.05, 0.1) is 32.8 Å². The minimum Gasteiger partial charge on any atom is -0.497 e. The van der Waals surface area contributed by atoms with Gasteiger partial charge < -0.3 is 14.0 Å². The molecule has 0 unspecified atom stereocenters. The SMILES string of the molecule is COc1ccc(Cn2cnc3c2c(=O)n(Cc2ccccc2)c(=O)n3-c2ccccc2OC)cc1. The van der Waals surface area contributed by atoms with Crippen molar-refractivity contribution < 1.29 is 9.47 Å². The maximum Gasteiger partial charge on any atom is 0.337 e. The van der Waals surface area contributed by atoms with Gasteiger partial charge >= 0.3 is 5.69 Å². The molecule has 176 valence electrons. The van der Waals surface area contributed by atoms with E-state index in [0.29, 0.717) is 23.5 Å². The first-order valence-corrected chi connectivity index (χ1v) is 11.1. The van der Waals surface area contributed by atoms with E-state index in [1.165, 1.54) is 9.13 Å². The molecule has 0 aliphatic heterocycles. The molecule has 8 heteroatoms. The van der Waals surface area contributed by atoms with Crippen LogP contribution in [-0.4, -0.2) is 32.9 Å². The molecule has 2 heterocycles. The number of hydrogen-bond acceptors (Lipinski definition) is 5. The zero-order valence-electron chi connectivity index (χ0n) is 19.4. The minimum absolute atomic E-state index is 0.136. The van der Waals surface area contributed by atoms with E-state index in [2.05, 4.69) is 4.98 Å². The van der Waals surface area contributed by atoms with Crippen molar-refractivity contribution >= 4 is 11.2 Å². The molecule has 0 aliphatic carbocycles. The van der Waals surface area contributed by atoms with E-state index in [1.54, 1.807) is 37.2 Å². The summed E-state index contributed by atoms with van der Waals surface area (Å²) in [6.45, 7) is 0.544. The number of rotatable bonds is 7. The molecule has 8 nitrogen and oxygen atoms in total. The van der Waals surface area contributed by atoms with E-state index in [0.717, 1.165) is 16.9 Å². The normalized spacial score (nSPS) is 11.0. The second-order valence-corrected chi connectivity index (χ2v) is 8.06. The molecular weight excluding hydrogens is 444 g/mol. The molecule has 0 saturated carbocycles. The highest BCUT2D eigenvalue weighted by Crippen LogP contribution is 2.23. The summed E-state index contributed by atoms with van der Waals surface area (Å²) in [6.07, 6.45) is 1.59. The summed E-state index contributed by atoms with van der Waals surface area (Å²) in [7, 11) is 3.16. The van der Waals surface area contributed by atoms with Gasteiger partial charge in [-0.05, 0) is 35.4 Å². The van der Waals surface area contributed by atoms with Gasteiger partial charge in [0, 0.05) is 6.54 Å². The molecule has 0 saturated heterocycles. The molecule has 3 aromatic carbocycles. The molecule has 0 N–H and O–H groups in total. The molecule has 2 aromatic heterocycles. The molecule has 0 spiro atoms. The number of benzene rings is 3. The Labute approximate surface area is 201 Å². The second kappa shape index (κ2) is 9.34.